The van der Waals surface area contributed by atoms with Crippen molar-refractivity contribution in [1.82, 2.24) is 0 Å². The zero-order valence-electron chi connectivity index (χ0n) is 17.8. The third-order valence-electron chi connectivity index (χ3n) is 3.88. The SMILES string of the molecule is C/C(=C\C(=O)O)C(=O)OCC(CC(C)(C)C)Oc1ccc(C(=O)C(C)(C)O)cc1. The van der Waals surface area contributed by atoms with Crippen molar-refractivity contribution >= 4 is 17.7 Å². The lowest BCUT2D eigenvalue weighted by atomic mass is 9.89. The van der Waals surface area contributed by atoms with Crippen LogP contribution < -0.4 is 4.74 Å². The molecule has 1 aromatic rings. The predicted octanol–water partition coefficient (Wildman–Crippen LogP) is 3.40. The highest BCUT2D eigenvalue weighted by Crippen LogP contribution is 2.25. The number of carbonyl (C=O) groups is 3. The number of hydrogen-bond donors (Lipinski definition) is 2. The summed E-state index contributed by atoms with van der Waals surface area (Å²) in [5.41, 5.74) is -1.23. The maximum absolute atomic E-state index is 12.1. The lowest BCUT2D eigenvalue weighted by Gasteiger charge is -2.26. The summed E-state index contributed by atoms with van der Waals surface area (Å²) in [6, 6.07) is 6.36. The Morgan fingerprint density at radius 2 is 1.62 bits per heavy atom. The molecule has 160 valence electrons. The number of Topliss-reactive ketones (excluding diaryl/α,β-unsaturated/α-hetero) is 1. The van der Waals surface area contributed by atoms with Gasteiger partial charge in [0.25, 0.3) is 0 Å². The van der Waals surface area contributed by atoms with Gasteiger partial charge in [0.15, 0.2) is 5.78 Å². The Balaban J connectivity index is 2.87. The summed E-state index contributed by atoms with van der Waals surface area (Å²) in [6.07, 6.45) is 0.902. The van der Waals surface area contributed by atoms with Crippen LogP contribution in [0.2, 0.25) is 0 Å². The van der Waals surface area contributed by atoms with Gasteiger partial charge in [-0.3, -0.25) is 4.79 Å². The number of aliphatic carboxylic acids is 1. The number of ether oxygens (including phenoxy) is 2. The zero-order chi connectivity index (χ0) is 22.4. The molecule has 0 saturated heterocycles. The van der Waals surface area contributed by atoms with Crippen molar-refractivity contribution in [2.75, 3.05) is 6.61 Å². The molecule has 2 N–H and O–H groups in total. The van der Waals surface area contributed by atoms with Crippen LogP contribution in [0.3, 0.4) is 0 Å². The van der Waals surface area contributed by atoms with E-state index in [-0.39, 0.29) is 17.6 Å². The fraction of sp³-hybridized carbons (Fsp3) is 0.500. The van der Waals surface area contributed by atoms with Crippen LogP contribution in [-0.2, 0) is 14.3 Å². The maximum Gasteiger partial charge on any atom is 0.334 e. The van der Waals surface area contributed by atoms with E-state index in [0.29, 0.717) is 17.7 Å². The summed E-state index contributed by atoms with van der Waals surface area (Å²) in [4.78, 5) is 34.7. The second-order valence-corrected chi connectivity index (χ2v) is 8.68. The van der Waals surface area contributed by atoms with Gasteiger partial charge < -0.3 is 19.7 Å². The van der Waals surface area contributed by atoms with Gasteiger partial charge in [-0.05, 0) is 56.9 Å². The molecule has 1 aromatic carbocycles. The van der Waals surface area contributed by atoms with Gasteiger partial charge in [0, 0.05) is 17.2 Å². The Bertz CT molecular complexity index is 762. The summed E-state index contributed by atoms with van der Waals surface area (Å²) in [5, 5.41) is 18.6. The third kappa shape index (κ3) is 8.91. The smallest absolute Gasteiger partial charge is 0.334 e. The van der Waals surface area contributed by atoms with Crippen LogP contribution in [0.15, 0.2) is 35.9 Å². The minimum atomic E-state index is -1.47. The monoisotopic (exact) mass is 406 g/mol. The van der Waals surface area contributed by atoms with E-state index < -0.39 is 29.4 Å². The third-order valence-corrected chi connectivity index (χ3v) is 3.88. The van der Waals surface area contributed by atoms with Gasteiger partial charge in [0.1, 0.15) is 24.1 Å². The molecule has 0 saturated carbocycles. The molecule has 0 amide bonds. The molecule has 0 bridgehead atoms. The average molecular weight is 406 g/mol. The fourth-order valence-corrected chi connectivity index (χ4v) is 2.57. The van der Waals surface area contributed by atoms with E-state index in [4.69, 9.17) is 14.6 Å². The second kappa shape index (κ2) is 9.69. The Kier molecular flexibility index (Phi) is 8.15. The van der Waals surface area contributed by atoms with Gasteiger partial charge in [-0.25, -0.2) is 9.59 Å². The molecule has 0 aliphatic rings. The van der Waals surface area contributed by atoms with Crippen molar-refractivity contribution in [1.29, 1.82) is 0 Å². The van der Waals surface area contributed by atoms with Crippen LogP contribution in [0.1, 0.15) is 58.3 Å². The summed E-state index contributed by atoms with van der Waals surface area (Å²) in [6.45, 7) is 10.2. The summed E-state index contributed by atoms with van der Waals surface area (Å²) in [7, 11) is 0. The number of esters is 1. The Hall–Kier alpha value is -2.67. The number of carboxylic acid groups (broad SMARTS) is 1. The van der Waals surface area contributed by atoms with E-state index in [1.807, 2.05) is 20.8 Å². The standard InChI is InChI=1S/C22H30O7/c1-14(11-18(23)24)20(26)28-13-17(12-21(2,3)4)29-16-9-7-15(8-10-16)19(25)22(5,6)27/h7-11,17,27H,12-13H2,1-6H3,(H,23,24)/b14-11+. The highest BCUT2D eigenvalue weighted by atomic mass is 16.6. The Labute approximate surface area is 171 Å². The van der Waals surface area contributed by atoms with E-state index in [1.165, 1.54) is 20.8 Å². The van der Waals surface area contributed by atoms with Crippen LogP contribution in [0, 0.1) is 5.41 Å². The quantitative estimate of drug-likeness (QED) is 0.367. The van der Waals surface area contributed by atoms with Crippen molar-refractivity contribution < 1.29 is 34.1 Å². The number of ketones is 1. The van der Waals surface area contributed by atoms with E-state index in [1.54, 1.807) is 24.3 Å². The topological polar surface area (TPSA) is 110 Å². The minimum Gasteiger partial charge on any atom is -0.487 e. The molecule has 0 radical (unpaired) electrons. The first-order valence-corrected chi connectivity index (χ1v) is 9.31. The number of carbonyl (C=O) groups excluding carboxylic acids is 2. The normalized spacial score (nSPS) is 13.6. The number of hydrogen-bond acceptors (Lipinski definition) is 6. The zero-order valence-corrected chi connectivity index (χ0v) is 17.8. The van der Waals surface area contributed by atoms with Crippen LogP contribution >= 0.6 is 0 Å². The summed E-state index contributed by atoms with van der Waals surface area (Å²) >= 11 is 0. The van der Waals surface area contributed by atoms with Crippen LogP contribution in [0.4, 0.5) is 0 Å². The fourth-order valence-electron chi connectivity index (χ4n) is 2.57. The molecule has 7 heteroatoms. The van der Waals surface area contributed by atoms with Gasteiger partial charge in [-0.1, -0.05) is 20.8 Å². The van der Waals surface area contributed by atoms with Gasteiger partial charge in [0.05, 0.1) is 0 Å². The number of benzene rings is 1. The van der Waals surface area contributed by atoms with Crippen molar-refractivity contribution in [3.63, 3.8) is 0 Å². The first-order chi connectivity index (χ1) is 13.2. The lowest BCUT2D eigenvalue weighted by molar-refractivity contribution is -0.142. The summed E-state index contributed by atoms with van der Waals surface area (Å²) < 4.78 is 11.1. The van der Waals surface area contributed by atoms with Gasteiger partial charge in [-0.15, -0.1) is 0 Å². The van der Waals surface area contributed by atoms with Crippen molar-refractivity contribution in [3.8, 4) is 5.75 Å². The van der Waals surface area contributed by atoms with Crippen molar-refractivity contribution in [2.24, 2.45) is 5.41 Å². The van der Waals surface area contributed by atoms with Gasteiger partial charge in [-0.2, -0.15) is 0 Å². The lowest BCUT2D eigenvalue weighted by Crippen LogP contribution is -2.31. The van der Waals surface area contributed by atoms with E-state index >= 15 is 0 Å². The maximum atomic E-state index is 12.1. The predicted molar refractivity (Wildman–Crippen MR) is 108 cm³/mol. The molecule has 0 aromatic heterocycles. The highest BCUT2D eigenvalue weighted by Gasteiger charge is 2.26. The molecule has 1 unspecified atom stereocenters. The molecule has 0 aliphatic carbocycles. The van der Waals surface area contributed by atoms with E-state index in [0.717, 1.165) is 6.08 Å². The van der Waals surface area contributed by atoms with Crippen LogP contribution in [0.25, 0.3) is 0 Å². The number of rotatable bonds is 9. The molecule has 0 heterocycles. The van der Waals surface area contributed by atoms with Crippen LogP contribution in [-0.4, -0.2) is 46.2 Å². The molecule has 1 atom stereocenters. The van der Waals surface area contributed by atoms with Crippen molar-refractivity contribution in [3.05, 3.63) is 41.5 Å². The first kappa shape index (κ1) is 24.4. The second-order valence-electron chi connectivity index (χ2n) is 8.68. The van der Waals surface area contributed by atoms with E-state index in [2.05, 4.69) is 0 Å². The van der Waals surface area contributed by atoms with E-state index in [9.17, 15) is 19.5 Å². The molecule has 1 rings (SSSR count). The average Bonchev–Trinajstić information content (AvgIpc) is 2.56. The van der Waals surface area contributed by atoms with Crippen LogP contribution in [0.5, 0.6) is 5.75 Å². The number of aliphatic hydroxyl groups is 1. The van der Waals surface area contributed by atoms with Crippen molar-refractivity contribution in [2.45, 2.75) is 59.7 Å². The molecular formula is C22H30O7. The molecule has 0 aliphatic heterocycles. The molecule has 29 heavy (non-hydrogen) atoms. The Morgan fingerprint density at radius 3 is 2.07 bits per heavy atom. The molecule has 0 fully saturated rings. The summed E-state index contributed by atoms with van der Waals surface area (Å²) in [5.74, 6) is -1.85. The minimum absolute atomic E-state index is 0.0125. The molecule has 0 spiro atoms. The Morgan fingerprint density at radius 1 is 1.07 bits per heavy atom. The highest BCUT2D eigenvalue weighted by molar-refractivity contribution is 6.01. The molecule has 7 nitrogen and oxygen atoms in total. The van der Waals surface area contributed by atoms with Gasteiger partial charge >= 0.3 is 11.9 Å². The number of carboxylic acids is 1. The molecular weight excluding hydrogens is 376 g/mol. The largest absolute Gasteiger partial charge is 0.487 e. The van der Waals surface area contributed by atoms with Gasteiger partial charge in [0.2, 0.25) is 0 Å². The first-order valence-electron chi connectivity index (χ1n) is 9.31.